The number of fused-ring (bicyclic) bond motifs is 1. The molecule has 2 aliphatic heterocycles. The largest absolute Gasteiger partial charge is 0.423 e. The van der Waals surface area contributed by atoms with E-state index in [-0.39, 0.29) is 11.5 Å². The molecule has 0 radical (unpaired) electrons. The number of aryl methyl sites for hydroxylation is 1. The molecule has 0 aliphatic carbocycles. The molecular weight excluding hydrogens is 394 g/mol. The fraction of sp³-hybridized carbons (Fsp3) is 0.524. The molecule has 0 bridgehead atoms. The van der Waals surface area contributed by atoms with E-state index in [0.717, 1.165) is 42.7 Å². The molecule has 2 fully saturated rings. The predicted octanol–water partition coefficient (Wildman–Crippen LogP) is 1.73. The highest BCUT2D eigenvalue weighted by Crippen LogP contribution is 2.26. The van der Waals surface area contributed by atoms with Crippen molar-refractivity contribution in [3.8, 4) is 0 Å². The van der Waals surface area contributed by atoms with Gasteiger partial charge in [0.1, 0.15) is 5.58 Å². The molecule has 7 nitrogen and oxygen atoms in total. The summed E-state index contributed by atoms with van der Waals surface area (Å²) >= 11 is 6.29. The van der Waals surface area contributed by atoms with E-state index in [1.165, 1.54) is 0 Å². The van der Waals surface area contributed by atoms with Crippen LogP contribution in [0.3, 0.4) is 0 Å². The van der Waals surface area contributed by atoms with Gasteiger partial charge in [-0.15, -0.1) is 0 Å². The van der Waals surface area contributed by atoms with Crippen molar-refractivity contribution >= 4 is 28.5 Å². The molecule has 29 heavy (non-hydrogen) atoms. The van der Waals surface area contributed by atoms with Crippen molar-refractivity contribution in [2.24, 2.45) is 0 Å². The van der Waals surface area contributed by atoms with Gasteiger partial charge >= 0.3 is 5.63 Å². The molecule has 2 aromatic rings. The van der Waals surface area contributed by atoms with Gasteiger partial charge in [-0.25, -0.2) is 4.79 Å². The van der Waals surface area contributed by atoms with E-state index in [4.69, 9.17) is 20.8 Å². The van der Waals surface area contributed by atoms with Crippen molar-refractivity contribution in [1.82, 2.24) is 14.7 Å². The molecule has 1 aromatic carbocycles. The summed E-state index contributed by atoms with van der Waals surface area (Å²) in [6, 6.07) is 5.22. The van der Waals surface area contributed by atoms with Gasteiger partial charge in [-0.05, 0) is 30.2 Å². The number of nitrogens with zero attached hydrogens (tertiary/aromatic N) is 3. The summed E-state index contributed by atoms with van der Waals surface area (Å²) in [4.78, 5) is 30.9. The minimum absolute atomic E-state index is 0.180. The molecule has 0 atom stereocenters. The fourth-order valence-electron chi connectivity index (χ4n) is 3.93. The summed E-state index contributed by atoms with van der Waals surface area (Å²) in [7, 11) is 0. The van der Waals surface area contributed by atoms with Crippen LogP contribution in [0.15, 0.2) is 27.4 Å². The molecule has 0 unspecified atom stereocenters. The Morgan fingerprint density at radius 2 is 1.76 bits per heavy atom. The van der Waals surface area contributed by atoms with Crippen molar-refractivity contribution in [2.45, 2.75) is 13.5 Å². The topological polar surface area (TPSA) is 66.2 Å². The van der Waals surface area contributed by atoms with Crippen molar-refractivity contribution in [3.63, 3.8) is 0 Å². The Morgan fingerprint density at radius 3 is 2.48 bits per heavy atom. The van der Waals surface area contributed by atoms with Crippen LogP contribution in [-0.2, 0) is 16.1 Å². The lowest BCUT2D eigenvalue weighted by Crippen LogP contribution is -2.52. The molecule has 2 aliphatic rings. The van der Waals surface area contributed by atoms with Crippen LogP contribution < -0.4 is 5.63 Å². The van der Waals surface area contributed by atoms with Crippen LogP contribution in [0.1, 0.15) is 11.1 Å². The molecule has 1 aromatic heterocycles. The maximum atomic E-state index is 12.6. The molecule has 1 amide bonds. The smallest absolute Gasteiger partial charge is 0.336 e. The number of carbonyl (C=O) groups is 1. The van der Waals surface area contributed by atoms with Gasteiger partial charge in [-0.1, -0.05) is 11.6 Å². The summed E-state index contributed by atoms with van der Waals surface area (Å²) in [6.07, 6.45) is 0. The third kappa shape index (κ3) is 4.80. The van der Waals surface area contributed by atoms with E-state index >= 15 is 0 Å². The first-order valence-electron chi connectivity index (χ1n) is 10.0. The number of morpholine rings is 1. The third-order valence-electron chi connectivity index (χ3n) is 5.69. The average molecular weight is 420 g/mol. The van der Waals surface area contributed by atoms with Gasteiger partial charge in [-0.2, -0.15) is 0 Å². The van der Waals surface area contributed by atoms with Crippen LogP contribution in [0, 0.1) is 6.92 Å². The maximum absolute atomic E-state index is 12.6. The van der Waals surface area contributed by atoms with Gasteiger partial charge in [0.05, 0.1) is 19.8 Å². The van der Waals surface area contributed by atoms with E-state index in [1.54, 1.807) is 6.07 Å². The van der Waals surface area contributed by atoms with Crippen LogP contribution in [-0.4, -0.2) is 79.6 Å². The molecule has 0 saturated carbocycles. The molecule has 0 spiro atoms. The lowest BCUT2D eigenvalue weighted by atomic mass is 10.1. The number of halogens is 1. The highest BCUT2D eigenvalue weighted by molar-refractivity contribution is 6.32. The second kappa shape index (κ2) is 8.83. The summed E-state index contributed by atoms with van der Waals surface area (Å²) in [5, 5.41) is 1.53. The summed E-state index contributed by atoms with van der Waals surface area (Å²) < 4.78 is 10.7. The monoisotopic (exact) mass is 419 g/mol. The number of hydrogen-bond donors (Lipinski definition) is 0. The molecule has 3 heterocycles. The van der Waals surface area contributed by atoms with Crippen molar-refractivity contribution < 1.29 is 13.9 Å². The van der Waals surface area contributed by atoms with E-state index in [2.05, 4.69) is 9.80 Å². The van der Waals surface area contributed by atoms with Gasteiger partial charge in [0.25, 0.3) is 0 Å². The molecular formula is C21H26ClN3O4. The molecule has 4 rings (SSSR count). The zero-order valence-electron chi connectivity index (χ0n) is 16.7. The minimum Gasteiger partial charge on any atom is -0.423 e. The summed E-state index contributed by atoms with van der Waals surface area (Å²) in [5.41, 5.74) is 2.00. The number of piperazine rings is 1. The van der Waals surface area contributed by atoms with Gasteiger partial charge < -0.3 is 14.1 Å². The Labute approximate surface area is 174 Å². The number of rotatable bonds is 4. The second-order valence-corrected chi connectivity index (χ2v) is 8.14. The van der Waals surface area contributed by atoms with Crippen molar-refractivity contribution in [1.29, 1.82) is 0 Å². The Balaban J connectivity index is 1.39. The van der Waals surface area contributed by atoms with E-state index in [1.807, 2.05) is 24.0 Å². The van der Waals surface area contributed by atoms with Crippen molar-refractivity contribution in [3.05, 3.63) is 44.8 Å². The second-order valence-electron chi connectivity index (χ2n) is 7.73. The lowest BCUT2D eigenvalue weighted by molar-refractivity contribution is -0.135. The van der Waals surface area contributed by atoms with E-state index in [9.17, 15) is 9.59 Å². The Hall–Kier alpha value is -1.93. The Morgan fingerprint density at radius 1 is 1.03 bits per heavy atom. The highest BCUT2D eigenvalue weighted by atomic mass is 35.5. The quantitative estimate of drug-likeness (QED) is 0.703. The summed E-state index contributed by atoms with van der Waals surface area (Å²) in [5.74, 6) is 0.180. The minimum atomic E-state index is -0.353. The predicted molar refractivity (Wildman–Crippen MR) is 111 cm³/mol. The van der Waals surface area contributed by atoms with Gasteiger partial charge in [0.2, 0.25) is 5.91 Å². The first-order chi connectivity index (χ1) is 14.0. The van der Waals surface area contributed by atoms with Crippen LogP contribution in [0.2, 0.25) is 5.02 Å². The molecule has 8 heteroatoms. The SMILES string of the molecule is Cc1cc2oc(=O)cc(CN3CCN(C(=O)CN4CCOCC4)CC3)c2cc1Cl. The van der Waals surface area contributed by atoms with Crippen LogP contribution in [0.5, 0.6) is 0 Å². The van der Waals surface area contributed by atoms with E-state index < -0.39 is 0 Å². The first kappa shape index (κ1) is 20.3. The normalized spacial score (nSPS) is 19.0. The van der Waals surface area contributed by atoms with Gasteiger partial charge in [-0.3, -0.25) is 14.6 Å². The average Bonchev–Trinajstić information content (AvgIpc) is 2.71. The first-order valence-corrected chi connectivity index (χ1v) is 10.4. The number of carbonyl (C=O) groups excluding carboxylic acids is 1. The summed E-state index contributed by atoms with van der Waals surface area (Å²) in [6.45, 7) is 8.96. The number of hydrogen-bond acceptors (Lipinski definition) is 6. The molecule has 2 saturated heterocycles. The van der Waals surface area contributed by atoms with E-state index in [0.29, 0.717) is 50.0 Å². The van der Waals surface area contributed by atoms with Gasteiger partial charge in [0.15, 0.2) is 0 Å². The zero-order chi connectivity index (χ0) is 20.4. The Kier molecular flexibility index (Phi) is 6.20. The third-order valence-corrected chi connectivity index (χ3v) is 6.10. The highest BCUT2D eigenvalue weighted by Gasteiger charge is 2.24. The maximum Gasteiger partial charge on any atom is 0.336 e. The number of amides is 1. The number of benzene rings is 1. The standard InChI is InChI=1S/C21H26ClN3O4/c1-15-10-19-17(12-18(15)22)16(11-21(27)29-19)13-23-2-4-25(5-3-23)20(26)14-24-6-8-28-9-7-24/h10-12H,2-9,13-14H2,1H3. The van der Waals surface area contributed by atoms with Crippen LogP contribution in [0.4, 0.5) is 0 Å². The molecule has 156 valence electrons. The van der Waals surface area contributed by atoms with Gasteiger partial charge in [0, 0.05) is 62.3 Å². The van der Waals surface area contributed by atoms with Crippen LogP contribution >= 0.6 is 11.6 Å². The zero-order valence-corrected chi connectivity index (χ0v) is 17.4. The molecule has 0 N–H and O–H groups in total. The number of ether oxygens (including phenoxy) is 1. The fourth-order valence-corrected chi connectivity index (χ4v) is 4.09. The van der Waals surface area contributed by atoms with Crippen molar-refractivity contribution in [2.75, 3.05) is 59.0 Å². The lowest BCUT2D eigenvalue weighted by Gasteiger charge is -2.36. The Bertz CT molecular complexity index is 947. The van der Waals surface area contributed by atoms with Crippen LogP contribution in [0.25, 0.3) is 11.0 Å².